The second-order valence-electron chi connectivity index (χ2n) is 6.65. The molecular formula is C23H24O7. The number of esters is 1. The first-order valence-electron chi connectivity index (χ1n) is 9.72. The van der Waals surface area contributed by atoms with E-state index in [1.165, 1.54) is 6.26 Å². The molecule has 7 nitrogen and oxygen atoms in total. The van der Waals surface area contributed by atoms with Crippen LogP contribution in [0, 0.1) is 0 Å². The molecule has 0 spiro atoms. The third-order valence-corrected chi connectivity index (χ3v) is 4.39. The van der Waals surface area contributed by atoms with Crippen LogP contribution in [0.3, 0.4) is 0 Å². The van der Waals surface area contributed by atoms with Crippen molar-refractivity contribution in [3.63, 3.8) is 0 Å². The van der Waals surface area contributed by atoms with Crippen molar-refractivity contribution in [3.8, 4) is 23.0 Å². The number of hydrogen-bond donors (Lipinski definition) is 0. The van der Waals surface area contributed by atoms with Gasteiger partial charge in [-0.15, -0.1) is 0 Å². The molecule has 0 fully saturated rings. The van der Waals surface area contributed by atoms with E-state index < -0.39 is 12.1 Å². The van der Waals surface area contributed by atoms with Gasteiger partial charge >= 0.3 is 5.97 Å². The largest absolute Gasteiger partial charge is 0.497 e. The van der Waals surface area contributed by atoms with E-state index in [9.17, 15) is 9.59 Å². The third kappa shape index (κ3) is 5.11. The van der Waals surface area contributed by atoms with E-state index in [2.05, 4.69) is 0 Å². The maximum absolute atomic E-state index is 12.7. The maximum Gasteiger partial charge on any atom is 0.347 e. The lowest BCUT2D eigenvalue weighted by atomic mass is 10.2. The highest BCUT2D eigenvalue weighted by molar-refractivity contribution is 5.79. The lowest BCUT2D eigenvalue weighted by molar-refractivity contribution is -0.151. The third-order valence-electron chi connectivity index (χ3n) is 4.39. The number of carbonyl (C=O) groups excluding carboxylic acids is 1. The SMILES string of the molecule is CCCCOC(=O)[C@H](C)Oc1ccc2c(=O)c(Oc3ccc(OC)cc3)coc2c1. The van der Waals surface area contributed by atoms with E-state index >= 15 is 0 Å². The Morgan fingerprint density at radius 1 is 1.07 bits per heavy atom. The summed E-state index contributed by atoms with van der Waals surface area (Å²) in [6, 6.07) is 11.6. The monoisotopic (exact) mass is 412 g/mol. The zero-order chi connectivity index (χ0) is 21.5. The van der Waals surface area contributed by atoms with Crippen molar-refractivity contribution in [1.29, 1.82) is 0 Å². The van der Waals surface area contributed by atoms with E-state index in [-0.39, 0.29) is 11.2 Å². The van der Waals surface area contributed by atoms with Crippen molar-refractivity contribution in [1.82, 2.24) is 0 Å². The Morgan fingerprint density at radius 3 is 2.47 bits per heavy atom. The summed E-state index contributed by atoms with van der Waals surface area (Å²) in [4.78, 5) is 24.7. The molecule has 0 aliphatic heterocycles. The van der Waals surface area contributed by atoms with E-state index in [1.807, 2.05) is 6.92 Å². The quantitative estimate of drug-likeness (QED) is 0.372. The van der Waals surface area contributed by atoms with Crippen molar-refractivity contribution >= 4 is 16.9 Å². The average Bonchev–Trinajstić information content (AvgIpc) is 2.76. The Labute approximate surface area is 174 Å². The normalized spacial score (nSPS) is 11.7. The Kier molecular flexibility index (Phi) is 6.95. The summed E-state index contributed by atoms with van der Waals surface area (Å²) in [5, 5.41) is 0.339. The van der Waals surface area contributed by atoms with Gasteiger partial charge in [0, 0.05) is 6.07 Å². The van der Waals surface area contributed by atoms with Gasteiger partial charge in [0.1, 0.15) is 29.1 Å². The number of unbranched alkanes of at least 4 members (excludes halogenated alkanes) is 1. The summed E-state index contributed by atoms with van der Waals surface area (Å²) >= 11 is 0. The topological polar surface area (TPSA) is 84.2 Å². The van der Waals surface area contributed by atoms with Crippen molar-refractivity contribution in [2.45, 2.75) is 32.8 Å². The molecule has 0 saturated carbocycles. The first kappa shape index (κ1) is 21.2. The molecule has 0 radical (unpaired) electrons. The summed E-state index contributed by atoms with van der Waals surface area (Å²) in [7, 11) is 1.57. The average molecular weight is 412 g/mol. The summed E-state index contributed by atoms with van der Waals surface area (Å²) in [5.41, 5.74) is 0.0109. The summed E-state index contributed by atoms with van der Waals surface area (Å²) in [6.45, 7) is 4.00. The van der Waals surface area contributed by atoms with Gasteiger partial charge in [-0.05, 0) is 49.7 Å². The summed E-state index contributed by atoms with van der Waals surface area (Å²) in [6.07, 6.45) is 2.22. The van der Waals surface area contributed by atoms with Gasteiger partial charge in [0.25, 0.3) is 0 Å². The lowest BCUT2D eigenvalue weighted by Gasteiger charge is -2.14. The minimum absolute atomic E-state index is 0.0641. The smallest absolute Gasteiger partial charge is 0.347 e. The van der Waals surface area contributed by atoms with Gasteiger partial charge in [0.05, 0.1) is 19.1 Å². The molecule has 1 heterocycles. The first-order valence-corrected chi connectivity index (χ1v) is 9.72. The van der Waals surface area contributed by atoms with E-state index in [1.54, 1.807) is 56.5 Å². The Balaban J connectivity index is 1.73. The highest BCUT2D eigenvalue weighted by Gasteiger charge is 2.17. The molecule has 7 heteroatoms. The number of rotatable bonds is 9. The van der Waals surface area contributed by atoms with Gasteiger partial charge in [-0.1, -0.05) is 13.3 Å². The maximum atomic E-state index is 12.7. The lowest BCUT2D eigenvalue weighted by Crippen LogP contribution is -2.26. The molecule has 0 N–H and O–H groups in total. The second-order valence-corrected chi connectivity index (χ2v) is 6.65. The molecule has 30 heavy (non-hydrogen) atoms. The highest BCUT2D eigenvalue weighted by Crippen LogP contribution is 2.25. The highest BCUT2D eigenvalue weighted by atomic mass is 16.6. The van der Waals surface area contributed by atoms with Crippen LogP contribution in [0.2, 0.25) is 0 Å². The van der Waals surface area contributed by atoms with Crippen molar-refractivity contribution < 1.29 is 28.2 Å². The number of fused-ring (bicyclic) bond motifs is 1. The van der Waals surface area contributed by atoms with Gasteiger partial charge in [-0.3, -0.25) is 4.79 Å². The summed E-state index contributed by atoms with van der Waals surface area (Å²) in [5.74, 6) is 1.19. The first-order chi connectivity index (χ1) is 14.5. The molecule has 2 aromatic carbocycles. The molecule has 158 valence electrons. The number of benzene rings is 2. The molecule has 0 amide bonds. The minimum Gasteiger partial charge on any atom is -0.497 e. The molecule has 3 aromatic rings. The van der Waals surface area contributed by atoms with Crippen LogP contribution in [0.5, 0.6) is 23.0 Å². The van der Waals surface area contributed by atoms with E-state index in [0.717, 1.165) is 12.8 Å². The van der Waals surface area contributed by atoms with Gasteiger partial charge < -0.3 is 23.4 Å². The number of ether oxygens (including phenoxy) is 4. The number of hydrogen-bond acceptors (Lipinski definition) is 7. The van der Waals surface area contributed by atoms with Crippen LogP contribution in [0.1, 0.15) is 26.7 Å². The molecule has 0 aliphatic rings. The predicted molar refractivity (Wildman–Crippen MR) is 112 cm³/mol. The molecule has 1 atom stereocenters. The van der Waals surface area contributed by atoms with Crippen LogP contribution in [-0.4, -0.2) is 25.8 Å². The van der Waals surface area contributed by atoms with Gasteiger partial charge in [0.15, 0.2) is 6.10 Å². The van der Waals surface area contributed by atoms with E-state index in [4.69, 9.17) is 23.4 Å². The number of methoxy groups -OCH3 is 1. The fourth-order valence-electron chi connectivity index (χ4n) is 2.69. The van der Waals surface area contributed by atoms with Crippen molar-refractivity contribution in [3.05, 3.63) is 59.0 Å². The number of carbonyl (C=O) groups is 1. The van der Waals surface area contributed by atoms with Gasteiger partial charge in [-0.25, -0.2) is 4.79 Å². The van der Waals surface area contributed by atoms with Crippen molar-refractivity contribution in [2.24, 2.45) is 0 Å². The van der Waals surface area contributed by atoms with E-state index in [0.29, 0.717) is 34.8 Å². The van der Waals surface area contributed by atoms with Crippen LogP contribution >= 0.6 is 0 Å². The fourth-order valence-corrected chi connectivity index (χ4v) is 2.69. The predicted octanol–water partition coefficient (Wildman–Crippen LogP) is 4.70. The Hall–Kier alpha value is -3.48. The zero-order valence-corrected chi connectivity index (χ0v) is 17.2. The van der Waals surface area contributed by atoms with Crippen LogP contribution < -0.4 is 19.6 Å². The zero-order valence-electron chi connectivity index (χ0n) is 17.2. The van der Waals surface area contributed by atoms with Crippen LogP contribution in [0.25, 0.3) is 11.0 Å². The van der Waals surface area contributed by atoms with Crippen LogP contribution in [0.4, 0.5) is 0 Å². The molecule has 3 rings (SSSR count). The molecular weight excluding hydrogens is 388 g/mol. The van der Waals surface area contributed by atoms with Crippen molar-refractivity contribution in [2.75, 3.05) is 13.7 Å². The molecule has 1 aromatic heterocycles. The Morgan fingerprint density at radius 2 is 1.77 bits per heavy atom. The minimum atomic E-state index is -0.774. The molecule has 0 aliphatic carbocycles. The Bertz CT molecular complexity index is 1050. The standard InChI is InChI=1S/C23H24O7/c1-4-5-12-27-23(25)15(2)29-18-10-11-19-20(13-18)28-14-21(22(19)24)30-17-8-6-16(26-3)7-9-17/h6-11,13-15H,4-5,12H2,1-3H3/t15-/m0/s1. The van der Waals surface area contributed by atoms with Gasteiger partial charge in [0.2, 0.25) is 11.2 Å². The van der Waals surface area contributed by atoms with Crippen LogP contribution in [0.15, 0.2) is 57.9 Å². The molecule has 0 unspecified atom stereocenters. The second kappa shape index (κ2) is 9.82. The molecule has 0 saturated heterocycles. The fraction of sp³-hybridized carbons (Fsp3) is 0.304. The summed E-state index contributed by atoms with van der Waals surface area (Å²) < 4.78 is 27.1. The molecule has 0 bridgehead atoms. The van der Waals surface area contributed by atoms with Crippen LogP contribution in [-0.2, 0) is 9.53 Å². The van der Waals surface area contributed by atoms with Gasteiger partial charge in [-0.2, -0.15) is 0 Å².